The highest BCUT2D eigenvalue weighted by molar-refractivity contribution is 7.86. The molecule has 0 fully saturated rings. The average Bonchev–Trinajstić information content (AvgIpc) is 2.11. The van der Waals surface area contributed by atoms with Gasteiger partial charge < -0.3 is 0 Å². The summed E-state index contributed by atoms with van der Waals surface area (Å²) in [5, 5.41) is 0. The molecule has 3 nitrogen and oxygen atoms in total. The Bertz CT molecular complexity index is 264. The Balaban J connectivity index is 2.68. The molecule has 0 aromatic heterocycles. The summed E-state index contributed by atoms with van der Waals surface area (Å²) >= 11 is 0. The van der Waals surface area contributed by atoms with E-state index in [4.69, 9.17) is 0 Å². The standard InChI is InChI=1S/C8H14O3S/c1-2-4-8-5-3-6-11-12(9,10)7-8/h5H,2-4,6-7H2,1H3. The van der Waals surface area contributed by atoms with Crippen molar-refractivity contribution in [3.05, 3.63) is 11.6 Å². The highest BCUT2D eigenvalue weighted by Gasteiger charge is 2.16. The maximum Gasteiger partial charge on any atom is 0.271 e. The van der Waals surface area contributed by atoms with Gasteiger partial charge in [0, 0.05) is 0 Å². The van der Waals surface area contributed by atoms with Gasteiger partial charge in [0.15, 0.2) is 0 Å². The van der Waals surface area contributed by atoms with Crippen LogP contribution >= 0.6 is 0 Å². The van der Waals surface area contributed by atoms with E-state index in [2.05, 4.69) is 4.18 Å². The third-order valence-electron chi connectivity index (χ3n) is 1.75. The fourth-order valence-corrected chi connectivity index (χ4v) is 2.41. The van der Waals surface area contributed by atoms with Crippen molar-refractivity contribution in [2.75, 3.05) is 12.4 Å². The molecule has 0 aromatic rings. The molecule has 4 heteroatoms. The number of rotatable bonds is 2. The van der Waals surface area contributed by atoms with E-state index in [-0.39, 0.29) is 5.75 Å². The van der Waals surface area contributed by atoms with Crippen molar-refractivity contribution in [1.29, 1.82) is 0 Å². The normalized spacial score (nSPS) is 22.9. The molecule has 1 aliphatic rings. The van der Waals surface area contributed by atoms with Crippen molar-refractivity contribution < 1.29 is 12.6 Å². The van der Waals surface area contributed by atoms with Gasteiger partial charge in [-0.15, -0.1) is 0 Å². The summed E-state index contributed by atoms with van der Waals surface area (Å²) in [5.74, 6) is 0.0842. The highest BCUT2D eigenvalue weighted by Crippen LogP contribution is 2.14. The molecule has 0 N–H and O–H groups in total. The Kier molecular flexibility index (Phi) is 3.29. The lowest BCUT2D eigenvalue weighted by Crippen LogP contribution is -2.10. The van der Waals surface area contributed by atoms with Crippen molar-refractivity contribution in [3.8, 4) is 0 Å². The molecule has 0 saturated carbocycles. The second-order valence-corrected chi connectivity index (χ2v) is 4.56. The minimum Gasteiger partial charge on any atom is -0.270 e. The van der Waals surface area contributed by atoms with Gasteiger partial charge in [-0.05, 0) is 12.8 Å². The maximum atomic E-state index is 11.1. The van der Waals surface area contributed by atoms with Crippen LogP contribution in [0.5, 0.6) is 0 Å². The molecule has 0 atom stereocenters. The molecule has 0 amide bonds. The lowest BCUT2D eigenvalue weighted by atomic mass is 10.1. The van der Waals surface area contributed by atoms with Gasteiger partial charge in [0.25, 0.3) is 10.1 Å². The molecule has 1 heterocycles. The lowest BCUT2D eigenvalue weighted by molar-refractivity contribution is 0.329. The summed E-state index contributed by atoms with van der Waals surface area (Å²) < 4.78 is 26.9. The molecule has 0 aliphatic carbocycles. The Morgan fingerprint density at radius 2 is 2.33 bits per heavy atom. The summed E-state index contributed by atoms with van der Waals surface area (Å²) in [7, 11) is -3.26. The van der Waals surface area contributed by atoms with Gasteiger partial charge in [0.05, 0.1) is 12.4 Å². The van der Waals surface area contributed by atoms with Crippen molar-refractivity contribution in [2.45, 2.75) is 26.2 Å². The smallest absolute Gasteiger partial charge is 0.270 e. The van der Waals surface area contributed by atoms with Gasteiger partial charge in [-0.2, -0.15) is 8.42 Å². The Labute approximate surface area is 73.5 Å². The third-order valence-corrected chi connectivity index (χ3v) is 3.00. The molecule has 1 aliphatic heterocycles. The minimum atomic E-state index is -3.26. The third kappa shape index (κ3) is 2.95. The number of hydrogen-bond donors (Lipinski definition) is 0. The first-order valence-electron chi connectivity index (χ1n) is 4.19. The summed E-state index contributed by atoms with van der Waals surface area (Å²) in [6.45, 7) is 2.34. The van der Waals surface area contributed by atoms with Crippen LogP contribution in [0.2, 0.25) is 0 Å². The van der Waals surface area contributed by atoms with E-state index in [1.165, 1.54) is 0 Å². The zero-order valence-electron chi connectivity index (χ0n) is 7.25. The Morgan fingerprint density at radius 1 is 1.58 bits per heavy atom. The van der Waals surface area contributed by atoms with Crippen molar-refractivity contribution in [1.82, 2.24) is 0 Å². The Morgan fingerprint density at radius 3 is 3.00 bits per heavy atom. The van der Waals surface area contributed by atoms with E-state index in [0.29, 0.717) is 13.0 Å². The molecule has 0 spiro atoms. The van der Waals surface area contributed by atoms with Crippen LogP contribution in [0.1, 0.15) is 26.2 Å². The summed E-state index contributed by atoms with van der Waals surface area (Å²) in [4.78, 5) is 0. The van der Waals surface area contributed by atoms with E-state index < -0.39 is 10.1 Å². The largest absolute Gasteiger partial charge is 0.271 e. The monoisotopic (exact) mass is 190 g/mol. The number of hydrogen-bond acceptors (Lipinski definition) is 3. The zero-order valence-corrected chi connectivity index (χ0v) is 8.06. The molecule has 1 rings (SSSR count). The van der Waals surface area contributed by atoms with Crippen LogP contribution in [0.4, 0.5) is 0 Å². The predicted octanol–water partition coefficient (Wildman–Crippen LogP) is 1.46. The average molecular weight is 190 g/mol. The molecule has 0 saturated heterocycles. The van der Waals surface area contributed by atoms with Crippen LogP contribution in [0.3, 0.4) is 0 Å². The zero-order chi connectivity index (χ0) is 9.03. The first-order chi connectivity index (χ1) is 5.64. The molecule has 0 unspecified atom stereocenters. The first-order valence-corrected chi connectivity index (χ1v) is 5.77. The fraction of sp³-hybridized carbons (Fsp3) is 0.750. The minimum absolute atomic E-state index is 0.0842. The van der Waals surface area contributed by atoms with E-state index in [1.807, 2.05) is 13.0 Å². The predicted molar refractivity (Wildman–Crippen MR) is 47.3 cm³/mol. The van der Waals surface area contributed by atoms with Gasteiger partial charge in [0.2, 0.25) is 0 Å². The first kappa shape index (κ1) is 9.74. The molecular weight excluding hydrogens is 176 g/mol. The van der Waals surface area contributed by atoms with Crippen LogP contribution in [0.25, 0.3) is 0 Å². The van der Waals surface area contributed by atoms with E-state index in [1.54, 1.807) is 0 Å². The SMILES string of the molecule is CCCC1=CCCOS(=O)(=O)C1. The van der Waals surface area contributed by atoms with Gasteiger partial charge in [-0.1, -0.05) is 25.0 Å². The molecule has 70 valence electrons. The van der Waals surface area contributed by atoms with Crippen molar-refractivity contribution in [2.24, 2.45) is 0 Å². The van der Waals surface area contributed by atoms with Crippen LogP contribution in [0, 0.1) is 0 Å². The fourth-order valence-electron chi connectivity index (χ4n) is 1.26. The molecule has 12 heavy (non-hydrogen) atoms. The second kappa shape index (κ2) is 4.05. The second-order valence-electron chi connectivity index (χ2n) is 2.93. The summed E-state index contributed by atoms with van der Waals surface area (Å²) in [6.07, 6.45) is 4.55. The van der Waals surface area contributed by atoms with E-state index in [0.717, 1.165) is 18.4 Å². The van der Waals surface area contributed by atoms with Crippen LogP contribution in [-0.4, -0.2) is 20.8 Å². The lowest BCUT2D eigenvalue weighted by Gasteiger charge is -2.02. The van der Waals surface area contributed by atoms with Crippen molar-refractivity contribution >= 4 is 10.1 Å². The van der Waals surface area contributed by atoms with Crippen molar-refractivity contribution in [3.63, 3.8) is 0 Å². The van der Waals surface area contributed by atoms with Crippen LogP contribution in [0.15, 0.2) is 11.6 Å². The summed E-state index contributed by atoms with van der Waals surface area (Å²) in [6, 6.07) is 0. The molecule has 0 radical (unpaired) electrons. The van der Waals surface area contributed by atoms with Gasteiger partial charge in [-0.3, -0.25) is 4.18 Å². The van der Waals surface area contributed by atoms with Gasteiger partial charge in [-0.25, -0.2) is 0 Å². The molecule has 0 aromatic carbocycles. The summed E-state index contributed by atoms with van der Waals surface area (Å²) in [5.41, 5.74) is 0.995. The molecular formula is C8H14O3S. The van der Waals surface area contributed by atoms with Crippen LogP contribution in [-0.2, 0) is 14.3 Å². The van der Waals surface area contributed by atoms with E-state index in [9.17, 15) is 8.42 Å². The van der Waals surface area contributed by atoms with E-state index >= 15 is 0 Å². The topological polar surface area (TPSA) is 43.4 Å². The van der Waals surface area contributed by atoms with Gasteiger partial charge >= 0.3 is 0 Å². The maximum absolute atomic E-state index is 11.1. The van der Waals surface area contributed by atoms with Gasteiger partial charge in [0.1, 0.15) is 0 Å². The van der Waals surface area contributed by atoms with Crippen LogP contribution < -0.4 is 0 Å². The quantitative estimate of drug-likeness (QED) is 0.489. The molecule has 0 bridgehead atoms. The highest BCUT2D eigenvalue weighted by atomic mass is 32.2. The Hall–Kier alpha value is -0.350.